The second-order valence-electron chi connectivity index (χ2n) is 4.67. The lowest BCUT2D eigenvalue weighted by Gasteiger charge is -2.09. The standard InChI is InChI=1S/C16H15FN2O3/c1-2-3-13(20)12-6-5-11(17)8-14(12)22-16(21)10-4-7-15(18)19-9-10/h4-9H,2-3H2,1H3,(H2,18,19). The molecule has 0 bridgehead atoms. The van der Waals surface area contributed by atoms with Gasteiger partial charge in [-0.2, -0.15) is 0 Å². The van der Waals surface area contributed by atoms with Gasteiger partial charge in [0.25, 0.3) is 0 Å². The molecule has 1 heterocycles. The number of Topliss-reactive ketones (excluding diaryl/α,β-unsaturated/α-hetero) is 1. The summed E-state index contributed by atoms with van der Waals surface area (Å²) in [6, 6.07) is 6.39. The number of pyridine rings is 1. The predicted molar refractivity (Wildman–Crippen MR) is 79.2 cm³/mol. The fourth-order valence-corrected chi connectivity index (χ4v) is 1.86. The Hall–Kier alpha value is -2.76. The third-order valence-electron chi connectivity index (χ3n) is 2.95. The molecule has 0 amide bonds. The molecule has 0 saturated carbocycles. The molecule has 6 heteroatoms. The number of nitrogens with two attached hydrogens (primary N) is 1. The summed E-state index contributed by atoms with van der Waals surface area (Å²) < 4.78 is 18.5. The summed E-state index contributed by atoms with van der Waals surface area (Å²) in [4.78, 5) is 27.8. The van der Waals surface area contributed by atoms with Gasteiger partial charge in [0.1, 0.15) is 17.4 Å². The molecule has 0 fully saturated rings. The first-order chi connectivity index (χ1) is 10.5. The van der Waals surface area contributed by atoms with Crippen molar-refractivity contribution in [3.63, 3.8) is 0 Å². The fraction of sp³-hybridized carbons (Fsp3) is 0.188. The SMILES string of the molecule is CCCC(=O)c1ccc(F)cc1OC(=O)c1ccc(N)nc1. The van der Waals surface area contributed by atoms with Crippen LogP contribution in [0.3, 0.4) is 0 Å². The van der Waals surface area contributed by atoms with Gasteiger partial charge in [0.2, 0.25) is 0 Å². The van der Waals surface area contributed by atoms with Crippen molar-refractivity contribution in [2.45, 2.75) is 19.8 Å². The molecule has 0 radical (unpaired) electrons. The van der Waals surface area contributed by atoms with Crippen LogP contribution in [0.4, 0.5) is 10.2 Å². The zero-order chi connectivity index (χ0) is 16.1. The lowest BCUT2D eigenvalue weighted by Crippen LogP contribution is -2.12. The summed E-state index contributed by atoms with van der Waals surface area (Å²) in [5, 5.41) is 0. The largest absolute Gasteiger partial charge is 0.422 e. The van der Waals surface area contributed by atoms with E-state index in [-0.39, 0.29) is 28.5 Å². The van der Waals surface area contributed by atoms with Crippen LogP contribution in [0, 0.1) is 5.82 Å². The number of rotatable bonds is 5. The smallest absolute Gasteiger partial charge is 0.345 e. The lowest BCUT2D eigenvalue weighted by molar-refractivity contribution is 0.0731. The highest BCUT2D eigenvalue weighted by Crippen LogP contribution is 2.23. The molecule has 2 aromatic rings. The predicted octanol–water partition coefficient (Wildman–Crippen LogP) is 3.00. The Bertz CT molecular complexity index is 699. The Kier molecular flexibility index (Phi) is 4.83. The van der Waals surface area contributed by atoms with E-state index < -0.39 is 11.8 Å². The number of esters is 1. The zero-order valence-corrected chi connectivity index (χ0v) is 12.0. The number of anilines is 1. The molecule has 2 rings (SSSR count). The summed E-state index contributed by atoms with van der Waals surface area (Å²) in [6.45, 7) is 1.85. The highest BCUT2D eigenvalue weighted by Gasteiger charge is 2.17. The minimum absolute atomic E-state index is 0.0970. The Morgan fingerprint density at radius 3 is 2.68 bits per heavy atom. The van der Waals surface area contributed by atoms with Gasteiger partial charge >= 0.3 is 5.97 Å². The molecule has 22 heavy (non-hydrogen) atoms. The Morgan fingerprint density at radius 1 is 1.27 bits per heavy atom. The molecule has 0 aliphatic rings. The monoisotopic (exact) mass is 302 g/mol. The Balaban J connectivity index is 2.28. The van der Waals surface area contributed by atoms with Crippen molar-refractivity contribution in [1.82, 2.24) is 4.98 Å². The minimum atomic E-state index is -0.733. The molecule has 0 unspecified atom stereocenters. The molecular weight excluding hydrogens is 287 g/mol. The van der Waals surface area contributed by atoms with Crippen LogP contribution in [0.15, 0.2) is 36.5 Å². The number of nitrogen functional groups attached to an aromatic ring is 1. The summed E-state index contributed by atoms with van der Waals surface area (Å²) in [7, 11) is 0. The molecule has 0 saturated heterocycles. The van der Waals surface area contributed by atoms with Crippen LogP contribution in [-0.4, -0.2) is 16.7 Å². The molecule has 114 valence electrons. The maximum atomic E-state index is 13.4. The topological polar surface area (TPSA) is 82.3 Å². The number of nitrogens with zero attached hydrogens (tertiary/aromatic N) is 1. The van der Waals surface area contributed by atoms with E-state index in [1.165, 1.54) is 24.4 Å². The van der Waals surface area contributed by atoms with Crippen molar-refractivity contribution in [2.75, 3.05) is 5.73 Å². The van der Waals surface area contributed by atoms with Gasteiger partial charge in [-0.1, -0.05) is 6.92 Å². The third kappa shape index (κ3) is 3.66. The van der Waals surface area contributed by atoms with Crippen LogP contribution in [-0.2, 0) is 0 Å². The third-order valence-corrected chi connectivity index (χ3v) is 2.95. The van der Waals surface area contributed by atoms with Crippen molar-refractivity contribution in [2.24, 2.45) is 0 Å². The van der Waals surface area contributed by atoms with E-state index in [0.717, 1.165) is 12.1 Å². The highest BCUT2D eigenvalue weighted by atomic mass is 19.1. The van der Waals surface area contributed by atoms with E-state index >= 15 is 0 Å². The Labute approximate surface area is 126 Å². The number of hydrogen-bond acceptors (Lipinski definition) is 5. The van der Waals surface area contributed by atoms with Gasteiger partial charge in [-0.25, -0.2) is 14.2 Å². The second kappa shape index (κ2) is 6.80. The number of carbonyl (C=O) groups excluding carboxylic acids is 2. The number of aromatic nitrogens is 1. The summed E-state index contributed by atoms with van der Waals surface area (Å²) in [5.41, 5.74) is 5.78. The van der Waals surface area contributed by atoms with Gasteiger partial charge in [0, 0.05) is 18.7 Å². The number of carbonyl (C=O) groups is 2. The number of ketones is 1. The van der Waals surface area contributed by atoms with Crippen molar-refractivity contribution in [3.8, 4) is 5.75 Å². The quantitative estimate of drug-likeness (QED) is 0.521. The summed E-state index contributed by atoms with van der Waals surface area (Å²) in [5.74, 6) is -1.36. The molecule has 5 nitrogen and oxygen atoms in total. The van der Waals surface area contributed by atoms with Crippen molar-refractivity contribution < 1.29 is 18.7 Å². The highest BCUT2D eigenvalue weighted by molar-refractivity contribution is 6.00. The van der Waals surface area contributed by atoms with Crippen LogP contribution in [0.2, 0.25) is 0 Å². The van der Waals surface area contributed by atoms with E-state index in [4.69, 9.17) is 10.5 Å². The molecular formula is C16H15FN2O3. The molecule has 0 aliphatic carbocycles. The minimum Gasteiger partial charge on any atom is -0.422 e. The van der Waals surface area contributed by atoms with Gasteiger partial charge in [-0.3, -0.25) is 4.79 Å². The van der Waals surface area contributed by atoms with Crippen LogP contribution >= 0.6 is 0 Å². The maximum Gasteiger partial charge on any atom is 0.345 e. The average Bonchev–Trinajstić information content (AvgIpc) is 2.48. The first-order valence-corrected chi connectivity index (χ1v) is 6.77. The fourth-order valence-electron chi connectivity index (χ4n) is 1.86. The van der Waals surface area contributed by atoms with Gasteiger partial charge < -0.3 is 10.5 Å². The number of hydrogen-bond donors (Lipinski definition) is 1. The number of ether oxygens (including phenoxy) is 1. The summed E-state index contributed by atoms with van der Waals surface area (Å²) in [6.07, 6.45) is 2.19. The van der Waals surface area contributed by atoms with Gasteiger partial charge in [-0.15, -0.1) is 0 Å². The van der Waals surface area contributed by atoms with Crippen LogP contribution in [0.1, 0.15) is 40.5 Å². The van der Waals surface area contributed by atoms with Gasteiger partial charge in [-0.05, 0) is 30.7 Å². The molecule has 0 atom stereocenters. The van der Waals surface area contributed by atoms with E-state index in [1.54, 1.807) is 0 Å². The van der Waals surface area contributed by atoms with Crippen LogP contribution < -0.4 is 10.5 Å². The van der Waals surface area contributed by atoms with Crippen molar-refractivity contribution >= 4 is 17.6 Å². The molecule has 2 N–H and O–H groups in total. The number of halogens is 1. The number of benzene rings is 1. The average molecular weight is 302 g/mol. The molecule has 1 aromatic carbocycles. The molecule has 0 aliphatic heterocycles. The van der Waals surface area contributed by atoms with E-state index in [0.29, 0.717) is 12.8 Å². The molecule has 0 spiro atoms. The first-order valence-electron chi connectivity index (χ1n) is 6.77. The van der Waals surface area contributed by atoms with Crippen molar-refractivity contribution in [1.29, 1.82) is 0 Å². The molecule has 1 aromatic heterocycles. The first kappa shape index (κ1) is 15.6. The maximum absolute atomic E-state index is 13.4. The van der Waals surface area contributed by atoms with E-state index in [1.807, 2.05) is 6.92 Å². The van der Waals surface area contributed by atoms with Crippen LogP contribution in [0.5, 0.6) is 5.75 Å². The van der Waals surface area contributed by atoms with Gasteiger partial charge in [0.15, 0.2) is 5.78 Å². The Morgan fingerprint density at radius 2 is 2.05 bits per heavy atom. The summed E-state index contributed by atoms with van der Waals surface area (Å²) >= 11 is 0. The second-order valence-corrected chi connectivity index (χ2v) is 4.67. The van der Waals surface area contributed by atoms with Crippen molar-refractivity contribution in [3.05, 3.63) is 53.5 Å². The normalized spacial score (nSPS) is 10.3. The zero-order valence-electron chi connectivity index (χ0n) is 12.0. The van der Waals surface area contributed by atoms with E-state index in [9.17, 15) is 14.0 Å². The van der Waals surface area contributed by atoms with Crippen LogP contribution in [0.25, 0.3) is 0 Å². The van der Waals surface area contributed by atoms with E-state index in [2.05, 4.69) is 4.98 Å². The lowest BCUT2D eigenvalue weighted by atomic mass is 10.1. The van der Waals surface area contributed by atoms with Gasteiger partial charge in [0.05, 0.1) is 11.1 Å².